The maximum absolute atomic E-state index is 5.56. The molecule has 112 valence electrons. The van der Waals surface area contributed by atoms with E-state index in [4.69, 9.17) is 20.1 Å². The molecular formula is C12H21N5O3. The maximum Gasteiger partial charge on any atom is 0.158 e. The number of nitrogens with zero attached hydrogens (tertiary/aromatic N) is 2. The summed E-state index contributed by atoms with van der Waals surface area (Å²) in [6.07, 6.45) is 0.0309. The molecule has 2 rings (SSSR count). The number of rotatable bonds is 7. The monoisotopic (exact) mass is 283 g/mol. The quantitative estimate of drug-likeness (QED) is 0.479. The van der Waals surface area contributed by atoms with E-state index in [1.807, 2.05) is 6.92 Å². The zero-order valence-electron chi connectivity index (χ0n) is 11.6. The minimum Gasteiger partial charge on any atom is -0.376 e. The molecule has 1 aromatic heterocycles. The summed E-state index contributed by atoms with van der Waals surface area (Å²) in [5.41, 5.74) is 2.52. The van der Waals surface area contributed by atoms with Crippen LogP contribution in [0.1, 0.15) is 12.7 Å². The van der Waals surface area contributed by atoms with Crippen molar-refractivity contribution in [2.45, 2.75) is 19.6 Å². The Morgan fingerprint density at radius 2 is 2.25 bits per heavy atom. The fraction of sp³-hybridized carbons (Fsp3) is 0.667. The lowest BCUT2D eigenvalue weighted by Gasteiger charge is -2.23. The van der Waals surface area contributed by atoms with Gasteiger partial charge in [0.2, 0.25) is 0 Å². The zero-order chi connectivity index (χ0) is 14.2. The van der Waals surface area contributed by atoms with Gasteiger partial charge >= 0.3 is 0 Å². The van der Waals surface area contributed by atoms with Gasteiger partial charge in [-0.25, -0.2) is 15.8 Å². The van der Waals surface area contributed by atoms with Crippen LogP contribution in [-0.2, 0) is 20.8 Å². The van der Waals surface area contributed by atoms with Crippen molar-refractivity contribution >= 4 is 11.6 Å². The molecule has 0 amide bonds. The SMILES string of the molecule is CCOCc1nc(NN)cc(NCC2COCCO2)n1. The maximum atomic E-state index is 5.56. The number of anilines is 2. The summed E-state index contributed by atoms with van der Waals surface area (Å²) >= 11 is 0. The molecule has 1 atom stereocenters. The minimum atomic E-state index is 0.0309. The van der Waals surface area contributed by atoms with Crippen molar-refractivity contribution in [2.75, 3.05) is 43.7 Å². The van der Waals surface area contributed by atoms with Crippen LogP contribution < -0.4 is 16.6 Å². The number of nitrogens with two attached hydrogens (primary N) is 1. The van der Waals surface area contributed by atoms with Crippen molar-refractivity contribution < 1.29 is 14.2 Å². The first-order chi connectivity index (χ1) is 9.81. The molecule has 0 aliphatic carbocycles. The first kappa shape index (κ1) is 14.9. The number of nitrogen functional groups attached to an aromatic ring is 1. The van der Waals surface area contributed by atoms with Gasteiger partial charge in [-0.3, -0.25) is 0 Å². The smallest absolute Gasteiger partial charge is 0.158 e. The van der Waals surface area contributed by atoms with Crippen LogP contribution in [0.4, 0.5) is 11.6 Å². The Bertz CT molecular complexity index is 412. The fourth-order valence-corrected chi connectivity index (χ4v) is 1.79. The average molecular weight is 283 g/mol. The minimum absolute atomic E-state index is 0.0309. The van der Waals surface area contributed by atoms with Gasteiger partial charge in [-0.2, -0.15) is 0 Å². The molecule has 1 aliphatic rings. The number of nitrogens with one attached hydrogen (secondary N) is 2. The lowest BCUT2D eigenvalue weighted by atomic mass is 10.3. The van der Waals surface area contributed by atoms with Crippen LogP contribution in [0.2, 0.25) is 0 Å². The van der Waals surface area contributed by atoms with Crippen LogP contribution in [0.5, 0.6) is 0 Å². The Labute approximate surface area is 118 Å². The van der Waals surface area contributed by atoms with E-state index in [-0.39, 0.29) is 6.10 Å². The number of hydrogen-bond donors (Lipinski definition) is 3. The number of aromatic nitrogens is 2. The molecule has 20 heavy (non-hydrogen) atoms. The van der Waals surface area contributed by atoms with E-state index in [9.17, 15) is 0 Å². The average Bonchev–Trinajstić information content (AvgIpc) is 2.51. The highest BCUT2D eigenvalue weighted by molar-refractivity contribution is 5.46. The second-order valence-electron chi connectivity index (χ2n) is 4.28. The molecule has 0 radical (unpaired) electrons. The van der Waals surface area contributed by atoms with Gasteiger partial charge in [0.25, 0.3) is 0 Å². The van der Waals surface area contributed by atoms with Crippen molar-refractivity contribution in [3.05, 3.63) is 11.9 Å². The molecule has 0 bridgehead atoms. The third-order valence-electron chi connectivity index (χ3n) is 2.75. The van der Waals surface area contributed by atoms with Crippen LogP contribution in [0.3, 0.4) is 0 Å². The van der Waals surface area contributed by atoms with Crippen molar-refractivity contribution in [3.63, 3.8) is 0 Å². The number of ether oxygens (including phenoxy) is 3. The summed E-state index contributed by atoms with van der Waals surface area (Å²) in [5.74, 6) is 7.19. The lowest BCUT2D eigenvalue weighted by molar-refractivity contribution is -0.0819. The second kappa shape index (κ2) is 7.95. The van der Waals surface area contributed by atoms with Crippen LogP contribution in [0, 0.1) is 0 Å². The molecule has 2 heterocycles. The second-order valence-corrected chi connectivity index (χ2v) is 4.28. The van der Waals surface area contributed by atoms with Crippen molar-refractivity contribution in [3.8, 4) is 0 Å². The van der Waals surface area contributed by atoms with Gasteiger partial charge in [0.1, 0.15) is 18.2 Å². The van der Waals surface area contributed by atoms with Crippen LogP contribution in [-0.4, -0.2) is 49.0 Å². The van der Waals surface area contributed by atoms with E-state index in [1.165, 1.54) is 0 Å². The number of hydrogen-bond acceptors (Lipinski definition) is 8. The van der Waals surface area contributed by atoms with Crippen LogP contribution in [0.15, 0.2) is 6.07 Å². The molecule has 1 aliphatic heterocycles. The van der Waals surface area contributed by atoms with Gasteiger partial charge in [-0.15, -0.1) is 0 Å². The van der Waals surface area contributed by atoms with Gasteiger partial charge in [0, 0.05) is 19.2 Å². The first-order valence-electron chi connectivity index (χ1n) is 6.67. The lowest BCUT2D eigenvalue weighted by Crippen LogP contribution is -2.34. The van der Waals surface area contributed by atoms with E-state index in [2.05, 4.69) is 20.7 Å². The predicted molar refractivity (Wildman–Crippen MR) is 74.2 cm³/mol. The van der Waals surface area contributed by atoms with Crippen LogP contribution in [0.25, 0.3) is 0 Å². The van der Waals surface area contributed by atoms with Crippen molar-refractivity contribution in [1.82, 2.24) is 9.97 Å². The topological polar surface area (TPSA) is 104 Å². The highest BCUT2D eigenvalue weighted by Crippen LogP contribution is 2.12. The summed E-state index contributed by atoms with van der Waals surface area (Å²) in [7, 11) is 0. The number of hydrazine groups is 1. The highest BCUT2D eigenvalue weighted by atomic mass is 16.6. The Morgan fingerprint density at radius 1 is 1.40 bits per heavy atom. The molecule has 1 saturated heterocycles. The standard InChI is InChI=1S/C12H21N5O3/c1-2-18-8-12-15-10(5-11(16-12)17-13)14-6-9-7-19-3-4-20-9/h5,9H,2-4,6-8,13H2,1H3,(H2,14,15,16,17). The third kappa shape index (κ3) is 4.57. The molecule has 8 heteroatoms. The molecular weight excluding hydrogens is 262 g/mol. The van der Waals surface area contributed by atoms with Crippen LogP contribution >= 0.6 is 0 Å². The molecule has 1 unspecified atom stereocenters. The molecule has 4 N–H and O–H groups in total. The molecule has 0 saturated carbocycles. The van der Waals surface area contributed by atoms with E-state index in [0.29, 0.717) is 57.0 Å². The van der Waals surface area contributed by atoms with E-state index in [1.54, 1.807) is 6.07 Å². The Morgan fingerprint density at radius 3 is 2.95 bits per heavy atom. The predicted octanol–water partition coefficient (Wildman–Crippen LogP) is 0.126. The fourth-order valence-electron chi connectivity index (χ4n) is 1.79. The van der Waals surface area contributed by atoms with Gasteiger partial charge < -0.3 is 25.0 Å². The summed E-state index contributed by atoms with van der Waals surface area (Å²) in [4.78, 5) is 8.58. The molecule has 1 aromatic rings. The van der Waals surface area contributed by atoms with Gasteiger partial charge in [0.15, 0.2) is 5.82 Å². The largest absolute Gasteiger partial charge is 0.376 e. The Balaban J connectivity index is 1.94. The molecule has 8 nitrogen and oxygen atoms in total. The molecule has 0 spiro atoms. The molecule has 0 aromatic carbocycles. The zero-order valence-corrected chi connectivity index (χ0v) is 11.6. The van der Waals surface area contributed by atoms with Gasteiger partial charge in [-0.1, -0.05) is 0 Å². The summed E-state index contributed by atoms with van der Waals surface area (Å²) in [6.45, 7) is 5.38. The van der Waals surface area contributed by atoms with E-state index < -0.39 is 0 Å². The normalized spacial score (nSPS) is 18.8. The summed E-state index contributed by atoms with van der Waals surface area (Å²) in [5, 5.41) is 3.20. The van der Waals surface area contributed by atoms with Crippen molar-refractivity contribution in [2.24, 2.45) is 5.84 Å². The highest BCUT2D eigenvalue weighted by Gasteiger charge is 2.14. The summed E-state index contributed by atoms with van der Waals surface area (Å²) in [6, 6.07) is 1.74. The van der Waals surface area contributed by atoms with Gasteiger partial charge in [0.05, 0.1) is 25.9 Å². The Hall–Kier alpha value is -1.48. The Kier molecular flexibility index (Phi) is 5.93. The van der Waals surface area contributed by atoms with E-state index in [0.717, 1.165) is 0 Å². The van der Waals surface area contributed by atoms with E-state index >= 15 is 0 Å². The molecule has 1 fully saturated rings. The summed E-state index contributed by atoms with van der Waals surface area (Å²) < 4.78 is 16.2. The third-order valence-corrected chi connectivity index (χ3v) is 2.75. The van der Waals surface area contributed by atoms with Gasteiger partial charge in [-0.05, 0) is 6.92 Å². The van der Waals surface area contributed by atoms with Crippen molar-refractivity contribution in [1.29, 1.82) is 0 Å². The first-order valence-corrected chi connectivity index (χ1v) is 6.67.